The van der Waals surface area contributed by atoms with E-state index in [1.165, 1.54) is 35.4 Å². The molecular formula is C36H32N4. The van der Waals surface area contributed by atoms with E-state index in [0.29, 0.717) is 0 Å². The van der Waals surface area contributed by atoms with Gasteiger partial charge in [-0.1, -0.05) is 134 Å². The van der Waals surface area contributed by atoms with Crippen molar-refractivity contribution in [3.8, 4) is 45.0 Å². The Hall–Kier alpha value is -4.70. The molecule has 7 rings (SSSR count). The maximum Gasteiger partial charge on any atom is 0.0963 e. The lowest BCUT2D eigenvalue weighted by molar-refractivity contribution is 0.243. The highest BCUT2D eigenvalue weighted by Gasteiger charge is 2.33. The molecule has 1 aliphatic rings. The average Bonchev–Trinajstić information content (AvgIpc) is 3.68. The van der Waals surface area contributed by atoms with Crippen molar-refractivity contribution in [2.45, 2.75) is 37.8 Å². The zero-order valence-electron chi connectivity index (χ0n) is 22.5. The molecule has 196 valence electrons. The molecule has 2 aromatic heterocycles. The van der Waals surface area contributed by atoms with Crippen molar-refractivity contribution >= 4 is 0 Å². The van der Waals surface area contributed by atoms with Crippen LogP contribution in [-0.2, 0) is 0 Å². The second-order valence-electron chi connectivity index (χ2n) is 10.6. The molecule has 0 amide bonds. The van der Waals surface area contributed by atoms with Crippen molar-refractivity contribution in [3.05, 3.63) is 134 Å². The molecule has 1 aliphatic carbocycles. The maximum absolute atomic E-state index is 5.04. The Labute approximate surface area is 235 Å². The zero-order chi connectivity index (χ0) is 26.7. The first-order valence-electron chi connectivity index (χ1n) is 14.2. The summed E-state index contributed by atoms with van der Waals surface area (Å²) in [5.41, 5.74) is 9.13. The van der Waals surface area contributed by atoms with Gasteiger partial charge < -0.3 is 9.13 Å². The molecule has 4 nitrogen and oxygen atoms in total. The van der Waals surface area contributed by atoms with Crippen molar-refractivity contribution in [1.29, 1.82) is 0 Å². The van der Waals surface area contributed by atoms with Crippen molar-refractivity contribution < 1.29 is 0 Å². The van der Waals surface area contributed by atoms with Crippen LogP contribution in [0.15, 0.2) is 134 Å². The van der Waals surface area contributed by atoms with Gasteiger partial charge in [0.05, 0.1) is 47.5 Å². The van der Waals surface area contributed by atoms with E-state index >= 15 is 0 Å². The number of rotatable bonds is 6. The van der Waals surface area contributed by atoms with Gasteiger partial charge in [-0.25, -0.2) is 9.97 Å². The van der Waals surface area contributed by atoms with Gasteiger partial charge in [-0.3, -0.25) is 0 Å². The normalized spacial score (nSPS) is 17.1. The first-order chi connectivity index (χ1) is 19.9. The van der Waals surface area contributed by atoms with Crippen molar-refractivity contribution in [2.75, 3.05) is 0 Å². The van der Waals surface area contributed by atoms with Crippen LogP contribution in [0.2, 0.25) is 0 Å². The molecule has 4 aromatic carbocycles. The second-order valence-corrected chi connectivity index (χ2v) is 10.6. The first kappa shape index (κ1) is 24.3. The quantitative estimate of drug-likeness (QED) is 0.219. The number of nitrogens with zero attached hydrogens (tertiary/aromatic N) is 4. The van der Waals surface area contributed by atoms with Crippen molar-refractivity contribution in [1.82, 2.24) is 19.1 Å². The molecule has 40 heavy (non-hydrogen) atoms. The van der Waals surface area contributed by atoms with Crippen LogP contribution in [0.4, 0.5) is 0 Å². The Morgan fingerprint density at radius 2 is 0.750 bits per heavy atom. The molecule has 0 saturated heterocycles. The monoisotopic (exact) mass is 520 g/mol. The summed E-state index contributed by atoms with van der Waals surface area (Å²) in [6.45, 7) is 0. The highest BCUT2D eigenvalue weighted by Crippen LogP contribution is 2.45. The van der Waals surface area contributed by atoms with Crippen LogP contribution < -0.4 is 0 Å². The minimum atomic E-state index is 0.259. The van der Waals surface area contributed by atoms with Gasteiger partial charge in [0.2, 0.25) is 0 Å². The molecule has 6 aromatic rings. The summed E-state index contributed by atoms with van der Waals surface area (Å²) in [6, 6.07) is 43.1. The molecule has 2 atom stereocenters. The Morgan fingerprint density at radius 3 is 1.10 bits per heavy atom. The molecule has 4 heteroatoms. The van der Waals surface area contributed by atoms with Gasteiger partial charge >= 0.3 is 0 Å². The molecule has 1 saturated carbocycles. The number of benzene rings is 4. The minimum Gasteiger partial charge on any atom is -0.325 e. The van der Waals surface area contributed by atoms with Crippen LogP contribution in [0.25, 0.3) is 45.0 Å². The largest absolute Gasteiger partial charge is 0.325 e. The van der Waals surface area contributed by atoms with Crippen LogP contribution in [0.3, 0.4) is 0 Å². The minimum absolute atomic E-state index is 0.259. The fourth-order valence-electron chi connectivity index (χ4n) is 6.34. The summed E-state index contributed by atoms with van der Waals surface area (Å²) >= 11 is 0. The van der Waals surface area contributed by atoms with Gasteiger partial charge in [-0.05, 0) is 12.8 Å². The fourth-order valence-corrected chi connectivity index (χ4v) is 6.34. The summed E-state index contributed by atoms with van der Waals surface area (Å²) in [4.78, 5) is 10.1. The highest BCUT2D eigenvalue weighted by atomic mass is 15.2. The van der Waals surface area contributed by atoms with E-state index in [1.54, 1.807) is 0 Å². The summed E-state index contributed by atoms with van der Waals surface area (Å²) in [5, 5.41) is 0. The number of hydrogen-bond acceptors (Lipinski definition) is 2. The fraction of sp³-hybridized carbons (Fsp3) is 0.167. The van der Waals surface area contributed by atoms with Crippen molar-refractivity contribution in [3.63, 3.8) is 0 Å². The van der Waals surface area contributed by atoms with Gasteiger partial charge in [0.15, 0.2) is 0 Å². The lowest BCUT2D eigenvalue weighted by atomic mass is 9.88. The van der Waals surface area contributed by atoms with Gasteiger partial charge in [0.25, 0.3) is 0 Å². The molecule has 0 aliphatic heterocycles. The number of imidazole rings is 2. The topological polar surface area (TPSA) is 35.6 Å². The standard InChI is InChI=1S/C36H32N4/c1-5-15-27(16-6-1)33-35(29-19-9-3-10-20-29)39(25-37-33)31-23-13-14-24-32(31)40-26-38-34(28-17-7-2-8-18-28)36(40)30-21-11-4-12-22-30/h1-12,15-22,25-26,31-32H,13-14,23-24H2/t31-,32-/m1/s1. The summed E-state index contributed by atoms with van der Waals surface area (Å²) < 4.78 is 4.91. The molecule has 0 spiro atoms. The Morgan fingerprint density at radius 1 is 0.425 bits per heavy atom. The molecule has 0 radical (unpaired) electrons. The van der Waals surface area contributed by atoms with Crippen molar-refractivity contribution in [2.24, 2.45) is 0 Å². The third-order valence-corrected chi connectivity index (χ3v) is 8.18. The van der Waals surface area contributed by atoms with Gasteiger partial charge in [-0.15, -0.1) is 0 Å². The molecule has 0 bridgehead atoms. The van der Waals surface area contributed by atoms with Gasteiger partial charge in [-0.2, -0.15) is 0 Å². The molecule has 2 heterocycles. The van der Waals surface area contributed by atoms with Gasteiger partial charge in [0, 0.05) is 22.3 Å². The Bertz CT molecular complexity index is 1560. The third-order valence-electron chi connectivity index (χ3n) is 8.18. The summed E-state index contributed by atoms with van der Waals surface area (Å²) in [7, 11) is 0. The van der Waals surface area contributed by atoms with E-state index in [9.17, 15) is 0 Å². The van der Waals surface area contributed by atoms with Crippen LogP contribution in [-0.4, -0.2) is 19.1 Å². The van der Waals surface area contributed by atoms with Crippen LogP contribution in [0.1, 0.15) is 37.8 Å². The van der Waals surface area contributed by atoms with E-state index < -0.39 is 0 Å². The Kier molecular flexibility index (Phi) is 6.58. The lowest BCUT2D eigenvalue weighted by Crippen LogP contribution is -2.26. The SMILES string of the molecule is c1ccc(-c2ncn([C@@H]3CCCC[C@H]3n3cnc(-c4ccccc4)c3-c3ccccc3)c2-c2ccccc2)cc1. The second kappa shape index (κ2) is 10.8. The van der Waals surface area contributed by atoms with Crippen LogP contribution in [0.5, 0.6) is 0 Å². The predicted octanol–water partition coefficient (Wildman–Crippen LogP) is 9.10. The highest BCUT2D eigenvalue weighted by molar-refractivity contribution is 5.80. The van der Waals surface area contributed by atoms with Crippen LogP contribution in [0, 0.1) is 0 Å². The van der Waals surface area contributed by atoms with Crippen LogP contribution >= 0.6 is 0 Å². The van der Waals surface area contributed by atoms with Gasteiger partial charge in [0.1, 0.15) is 0 Å². The molecular weight excluding hydrogens is 488 g/mol. The Balaban J connectivity index is 1.40. The number of hydrogen-bond donors (Lipinski definition) is 0. The molecule has 0 N–H and O–H groups in total. The molecule has 1 fully saturated rings. The number of aromatic nitrogens is 4. The lowest BCUT2D eigenvalue weighted by Gasteiger charge is -2.35. The smallest absolute Gasteiger partial charge is 0.0963 e. The molecule has 0 unspecified atom stereocenters. The third kappa shape index (κ3) is 4.46. The van der Waals surface area contributed by atoms with E-state index in [-0.39, 0.29) is 12.1 Å². The van der Waals surface area contributed by atoms with E-state index in [4.69, 9.17) is 9.97 Å². The predicted molar refractivity (Wildman–Crippen MR) is 163 cm³/mol. The summed E-state index contributed by atoms with van der Waals surface area (Å²) in [5.74, 6) is 0. The summed E-state index contributed by atoms with van der Waals surface area (Å²) in [6.07, 6.45) is 8.75. The average molecular weight is 521 g/mol. The zero-order valence-corrected chi connectivity index (χ0v) is 22.5. The van der Waals surface area contributed by atoms with E-state index in [1.807, 2.05) is 0 Å². The van der Waals surface area contributed by atoms with E-state index in [0.717, 1.165) is 35.4 Å². The maximum atomic E-state index is 5.04. The first-order valence-corrected chi connectivity index (χ1v) is 14.2. The van der Waals surface area contributed by atoms with E-state index in [2.05, 4.69) is 143 Å².